The summed E-state index contributed by atoms with van der Waals surface area (Å²) < 4.78 is 27.7. The summed E-state index contributed by atoms with van der Waals surface area (Å²) in [7, 11) is -3.73. The van der Waals surface area contributed by atoms with E-state index in [0.29, 0.717) is 28.1 Å². The summed E-state index contributed by atoms with van der Waals surface area (Å²) in [5.41, 5.74) is 1.09. The number of nitrogens with one attached hydrogen (secondary N) is 3. The van der Waals surface area contributed by atoms with Gasteiger partial charge in [-0.25, -0.2) is 13.4 Å². The van der Waals surface area contributed by atoms with Crippen molar-refractivity contribution in [3.63, 3.8) is 0 Å². The van der Waals surface area contributed by atoms with Gasteiger partial charge in [0.1, 0.15) is 10.7 Å². The fourth-order valence-corrected chi connectivity index (χ4v) is 3.70. The van der Waals surface area contributed by atoms with Gasteiger partial charge in [0.15, 0.2) is 0 Å². The number of pyridine rings is 1. The highest BCUT2D eigenvalue weighted by Crippen LogP contribution is 2.30. The van der Waals surface area contributed by atoms with Crippen molar-refractivity contribution < 1.29 is 8.42 Å². The van der Waals surface area contributed by atoms with Gasteiger partial charge in [0, 0.05) is 23.8 Å². The molecule has 1 aliphatic rings. The van der Waals surface area contributed by atoms with Crippen LogP contribution in [0.4, 0.5) is 11.5 Å². The van der Waals surface area contributed by atoms with Crippen LogP contribution in [0.2, 0.25) is 5.02 Å². The molecule has 0 aliphatic heterocycles. The highest BCUT2D eigenvalue weighted by atomic mass is 35.5. The summed E-state index contributed by atoms with van der Waals surface area (Å²) in [6, 6.07) is 8.95. The van der Waals surface area contributed by atoms with E-state index < -0.39 is 10.0 Å². The first-order chi connectivity index (χ1) is 11.5. The maximum absolute atomic E-state index is 12.6. The van der Waals surface area contributed by atoms with Crippen LogP contribution in [0.1, 0.15) is 12.8 Å². The first kappa shape index (κ1) is 15.3. The van der Waals surface area contributed by atoms with E-state index in [0.717, 1.165) is 18.2 Å². The second-order valence-electron chi connectivity index (χ2n) is 5.77. The second kappa shape index (κ2) is 5.68. The number of rotatable bonds is 5. The number of nitrogens with zero attached hydrogens (tertiary/aromatic N) is 1. The van der Waals surface area contributed by atoms with Crippen molar-refractivity contribution in [2.75, 3.05) is 10.0 Å². The van der Waals surface area contributed by atoms with Gasteiger partial charge in [-0.15, -0.1) is 0 Å². The van der Waals surface area contributed by atoms with Crippen LogP contribution >= 0.6 is 11.6 Å². The number of aromatic amines is 1. The molecule has 1 aromatic carbocycles. The minimum atomic E-state index is -3.73. The number of anilines is 2. The Balaban J connectivity index is 1.62. The Bertz CT molecular complexity index is 995. The summed E-state index contributed by atoms with van der Waals surface area (Å²) in [4.78, 5) is 7.27. The number of hydrogen-bond donors (Lipinski definition) is 3. The number of hydrogen-bond acceptors (Lipinski definition) is 4. The lowest BCUT2D eigenvalue weighted by Gasteiger charge is -2.10. The summed E-state index contributed by atoms with van der Waals surface area (Å²) in [5, 5.41) is 4.53. The highest BCUT2D eigenvalue weighted by molar-refractivity contribution is 7.92. The van der Waals surface area contributed by atoms with Gasteiger partial charge in [-0.3, -0.25) is 4.72 Å². The Labute approximate surface area is 144 Å². The van der Waals surface area contributed by atoms with E-state index in [4.69, 9.17) is 11.6 Å². The Kier molecular flexibility index (Phi) is 3.62. The van der Waals surface area contributed by atoms with Gasteiger partial charge in [-0.05, 0) is 31.0 Å². The van der Waals surface area contributed by atoms with Crippen LogP contribution in [-0.4, -0.2) is 24.4 Å². The van der Waals surface area contributed by atoms with E-state index in [1.54, 1.807) is 30.5 Å². The average molecular weight is 363 g/mol. The molecule has 0 unspecified atom stereocenters. The molecule has 124 valence electrons. The van der Waals surface area contributed by atoms with Crippen molar-refractivity contribution >= 4 is 44.0 Å². The Morgan fingerprint density at radius 1 is 1.21 bits per heavy atom. The summed E-state index contributed by atoms with van der Waals surface area (Å²) >= 11 is 6.07. The molecule has 0 saturated heterocycles. The van der Waals surface area contributed by atoms with Crippen molar-refractivity contribution in [3.05, 3.63) is 47.7 Å². The lowest BCUT2D eigenvalue weighted by molar-refractivity contribution is 0.601. The van der Waals surface area contributed by atoms with Crippen molar-refractivity contribution in [2.24, 2.45) is 0 Å². The molecule has 1 aliphatic carbocycles. The van der Waals surface area contributed by atoms with Crippen molar-refractivity contribution in [1.29, 1.82) is 0 Å². The SMILES string of the molecule is O=S(=O)(Nc1cccc2c(Cl)c[nH]c12)c1ccc(NC2CC2)nc1. The van der Waals surface area contributed by atoms with Crippen LogP contribution in [0.3, 0.4) is 0 Å². The van der Waals surface area contributed by atoms with Gasteiger partial charge >= 0.3 is 0 Å². The van der Waals surface area contributed by atoms with Crippen molar-refractivity contribution in [2.45, 2.75) is 23.8 Å². The molecule has 3 aromatic rings. The molecule has 3 N–H and O–H groups in total. The van der Waals surface area contributed by atoms with Crippen LogP contribution < -0.4 is 10.0 Å². The number of sulfonamides is 1. The topological polar surface area (TPSA) is 86.9 Å². The van der Waals surface area contributed by atoms with E-state index in [-0.39, 0.29) is 4.90 Å². The molecule has 0 radical (unpaired) electrons. The van der Waals surface area contributed by atoms with E-state index in [2.05, 4.69) is 20.0 Å². The molecule has 1 saturated carbocycles. The van der Waals surface area contributed by atoms with Crippen LogP contribution in [0, 0.1) is 0 Å². The monoisotopic (exact) mass is 362 g/mol. The number of H-pyrrole nitrogens is 1. The first-order valence-corrected chi connectivity index (χ1v) is 9.40. The third-order valence-electron chi connectivity index (χ3n) is 3.89. The van der Waals surface area contributed by atoms with Gasteiger partial charge in [0.05, 0.1) is 16.2 Å². The lowest BCUT2D eigenvalue weighted by Crippen LogP contribution is -2.14. The van der Waals surface area contributed by atoms with E-state index in [9.17, 15) is 8.42 Å². The van der Waals surface area contributed by atoms with E-state index in [1.807, 2.05) is 6.07 Å². The maximum Gasteiger partial charge on any atom is 0.263 e. The largest absolute Gasteiger partial charge is 0.367 e. The zero-order valence-electron chi connectivity index (χ0n) is 12.6. The Morgan fingerprint density at radius 3 is 2.75 bits per heavy atom. The van der Waals surface area contributed by atoms with Crippen molar-refractivity contribution in [1.82, 2.24) is 9.97 Å². The molecule has 0 atom stereocenters. The van der Waals surface area contributed by atoms with Crippen LogP contribution in [0.25, 0.3) is 10.9 Å². The molecular weight excluding hydrogens is 348 g/mol. The summed E-state index contributed by atoms with van der Waals surface area (Å²) in [5.74, 6) is 0.690. The minimum absolute atomic E-state index is 0.110. The zero-order valence-corrected chi connectivity index (χ0v) is 14.2. The number of benzene rings is 1. The van der Waals surface area contributed by atoms with E-state index in [1.165, 1.54) is 6.20 Å². The smallest absolute Gasteiger partial charge is 0.263 e. The second-order valence-corrected chi connectivity index (χ2v) is 7.86. The molecule has 0 bridgehead atoms. The third-order valence-corrected chi connectivity index (χ3v) is 5.55. The molecular formula is C16H15ClN4O2S. The molecule has 0 spiro atoms. The fourth-order valence-electron chi connectivity index (χ4n) is 2.47. The molecule has 24 heavy (non-hydrogen) atoms. The fraction of sp³-hybridized carbons (Fsp3) is 0.188. The molecule has 6 nitrogen and oxygen atoms in total. The first-order valence-electron chi connectivity index (χ1n) is 7.54. The Hall–Kier alpha value is -2.25. The minimum Gasteiger partial charge on any atom is -0.367 e. The highest BCUT2D eigenvalue weighted by Gasteiger charge is 2.22. The standard InChI is InChI=1S/C16H15ClN4O2S/c17-13-9-19-16-12(13)2-1-3-14(16)21-24(22,23)11-6-7-15(18-8-11)20-10-4-5-10/h1-3,6-10,19,21H,4-5H2,(H,18,20). The average Bonchev–Trinajstić information content (AvgIpc) is 3.29. The number of para-hydroxylation sites is 1. The molecule has 2 aromatic heterocycles. The number of halogens is 1. The maximum atomic E-state index is 12.6. The summed E-state index contributed by atoms with van der Waals surface area (Å²) in [6.07, 6.45) is 5.25. The number of fused-ring (bicyclic) bond motifs is 1. The lowest BCUT2D eigenvalue weighted by atomic mass is 10.2. The van der Waals surface area contributed by atoms with Gasteiger partial charge in [0.25, 0.3) is 10.0 Å². The van der Waals surface area contributed by atoms with Crippen molar-refractivity contribution in [3.8, 4) is 0 Å². The van der Waals surface area contributed by atoms with Crippen LogP contribution in [-0.2, 0) is 10.0 Å². The normalized spacial score (nSPS) is 14.7. The quantitative estimate of drug-likeness (QED) is 0.647. The van der Waals surface area contributed by atoms with Gasteiger partial charge < -0.3 is 10.3 Å². The molecule has 2 heterocycles. The Morgan fingerprint density at radius 2 is 2.04 bits per heavy atom. The van der Waals surface area contributed by atoms with E-state index >= 15 is 0 Å². The predicted molar refractivity (Wildman–Crippen MR) is 95.0 cm³/mol. The molecule has 4 rings (SSSR count). The zero-order chi connectivity index (χ0) is 16.7. The van der Waals surface area contributed by atoms with Crippen LogP contribution in [0.5, 0.6) is 0 Å². The van der Waals surface area contributed by atoms with Gasteiger partial charge in [-0.2, -0.15) is 0 Å². The summed E-state index contributed by atoms with van der Waals surface area (Å²) in [6.45, 7) is 0. The predicted octanol–water partition coefficient (Wildman–Crippen LogP) is 3.59. The number of aromatic nitrogens is 2. The third kappa shape index (κ3) is 2.92. The molecule has 8 heteroatoms. The van der Waals surface area contributed by atoms with Crippen LogP contribution in [0.15, 0.2) is 47.6 Å². The molecule has 1 fully saturated rings. The molecule has 0 amide bonds. The van der Waals surface area contributed by atoms with Gasteiger partial charge in [0.2, 0.25) is 0 Å². The van der Waals surface area contributed by atoms with Gasteiger partial charge in [-0.1, -0.05) is 23.7 Å².